The lowest BCUT2D eigenvalue weighted by atomic mass is 9.73. The van der Waals surface area contributed by atoms with E-state index in [0.717, 1.165) is 125 Å². The number of amides is 1. The van der Waals surface area contributed by atoms with Crippen LogP contribution >= 0.6 is 35.3 Å². The van der Waals surface area contributed by atoms with Crippen LogP contribution in [0.25, 0.3) is 5.57 Å². The van der Waals surface area contributed by atoms with Crippen molar-refractivity contribution >= 4 is 68.0 Å². The quantitative estimate of drug-likeness (QED) is 0.0416. The Hall–Kier alpha value is -3.78. The Morgan fingerprint density at radius 1 is 0.848 bits per heavy atom. The second-order valence-corrected chi connectivity index (χ2v) is 21.3. The third-order valence-electron chi connectivity index (χ3n) is 11.7. The highest BCUT2D eigenvalue weighted by atomic mass is 35.5. The van der Waals surface area contributed by atoms with Gasteiger partial charge in [0, 0.05) is 104 Å². The second-order valence-electron chi connectivity index (χ2n) is 16.9. The highest BCUT2D eigenvalue weighted by Gasteiger charge is 2.48. The number of aliphatic hydroxyl groups is 1. The number of rotatable bonds is 14. The summed E-state index contributed by atoms with van der Waals surface area (Å²) in [4.78, 5) is 20.5. The van der Waals surface area contributed by atoms with Crippen LogP contribution in [0.3, 0.4) is 0 Å². The molecule has 66 heavy (non-hydrogen) atoms. The predicted molar refractivity (Wildman–Crippen MR) is 266 cm³/mol. The van der Waals surface area contributed by atoms with Crippen LogP contribution in [0.1, 0.15) is 56.0 Å². The Morgan fingerprint density at radius 3 is 2.11 bits per heavy atom. The van der Waals surface area contributed by atoms with Crippen molar-refractivity contribution in [3.63, 3.8) is 0 Å². The van der Waals surface area contributed by atoms with Gasteiger partial charge in [-0.1, -0.05) is 68.3 Å². The molecule has 0 saturated carbocycles. The summed E-state index contributed by atoms with van der Waals surface area (Å²) in [7, 11) is -4.67. The Labute approximate surface area is 402 Å². The largest absolute Gasteiger partial charge is 0.501 e. The molecule has 2 fully saturated rings. The maximum absolute atomic E-state index is 13.7. The van der Waals surface area contributed by atoms with E-state index in [1.165, 1.54) is 40.6 Å². The van der Waals surface area contributed by atoms with Gasteiger partial charge in [0.1, 0.15) is 4.90 Å². The van der Waals surface area contributed by atoms with Crippen LogP contribution in [-0.2, 0) is 9.84 Å². The molecule has 4 aromatic rings. The molecule has 4 aromatic carbocycles. The lowest BCUT2D eigenvalue weighted by molar-refractivity contribution is -0.0435. The number of nitrogens with zero attached hydrogens (tertiary/aromatic N) is 4. The van der Waals surface area contributed by atoms with Crippen LogP contribution in [0.2, 0.25) is 5.02 Å². The second kappa shape index (κ2) is 25.0. The maximum Gasteiger partial charge on any atom is 0.501 e. The van der Waals surface area contributed by atoms with E-state index < -0.39 is 26.1 Å². The van der Waals surface area contributed by atoms with Crippen molar-refractivity contribution in [2.24, 2.45) is 11.3 Å². The van der Waals surface area contributed by atoms with E-state index in [4.69, 9.17) is 22.6 Å². The minimum atomic E-state index is -5.67. The monoisotopic (exact) mass is 989 g/mol. The predicted octanol–water partition coefficient (Wildman–Crippen LogP) is 9.17. The van der Waals surface area contributed by atoms with E-state index in [-0.39, 0.29) is 22.5 Å². The summed E-state index contributed by atoms with van der Waals surface area (Å²) < 4.78 is 68.7. The van der Waals surface area contributed by atoms with Crippen LogP contribution in [0.5, 0.6) is 0 Å². The molecule has 2 aliphatic heterocycles. The number of hydrogen-bond acceptors (Lipinski definition) is 12. The van der Waals surface area contributed by atoms with Gasteiger partial charge in [-0.2, -0.15) is 13.2 Å². The van der Waals surface area contributed by atoms with E-state index in [9.17, 15) is 26.4 Å². The fraction of sp³-hybridized carbons (Fsp3) is 0.438. The number of hydrazine groups is 1. The van der Waals surface area contributed by atoms with Gasteiger partial charge in [-0.15, -0.1) is 11.8 Å². The third-order valence-corrected chi connectivity index (χ3v) is 15.3. The molecule has 3 aliphatic rings. The lowest BCUT2D eigenvalue weighted by Crippen LogP contribution is -2.49. The number of carbonyl (C=O) groups excluding carboxylic acids is 1. The molecule has 0 unspecified atom stereocenters. The number of nitrogens with two attached hydrogens (primary N) is 1. The molecule has 11 nitrogen and oxygen atoms in total. The van der Waals surface area contributed by atoms with Crippen molar-refractivity contribution in [2.45, 2.75) is 60.2 Å². The van der Waals surface area contributed by atoms with Crippen molar-refractivity contribution in [1.82, 2.24) is 19.5 Å². The number of sulfone groups is 1. The number of hydrogen-bond donors (Lipinski definition) is 4. The number of allylic oxidation sites excluding steroid dienone is 1. The van der Waals surface area contributed by atoms with Crippen molar-refractivity contribution in [2.75, 3.05) is 95.1 Å². The number of thioether (sulfide) groups is 1. The standard InChI is InChI=1S/C41H44ClF3N4O3S3.C6H15N3.CH4O/c1-40(2)19-18-36(29-8-12-32(42)13-9-29)31(27-40)28-48-21-23-49(24-22-48)33-14-10-30(11-15-33)39(50)47-54-35-16-17-37(38(26-35)55(51,52)41(43,44)45)46-20-25-53-34-6-4-3-5-7-34;1-2-8-3-5-9(7)6-4-8;1-2/h3-17,26,46H,18-25,27-28H2,1-2H3,(H,47,50);2-7H2,1H3;2H,1H3. The third kappa shape index (κ3) is 15.4. The normalized spacial score (nSPS) is 17.3. The zero-order valence-electron chi connectivity index (χ0n) is 38.1. The van der Waals surface area contributed by atoms with Gasteiger partial charge >= 0.3 is 5.51 Å². The van der Waals surface area contributed by atoms with Crippen LogP contribution in [0, 0.1) is 5.41 Å². The van der Waals surface area contributed by atoms with E-state index in [1.54, 1.807) is 12.1 Å². The number of nitrogens with one attached hydrogen (secondary N) is 2. The summed E-state index contributed by atoms with van der Waals surface area (Å²) in [6.07, 6.45) is 3.28. The highest BCUT2D eigenvalue weighted by molar-refractivity contribution is 7.99. The Balaban J connectivity index is 0.000000657. The molecule has 0 bridgehead atoms. The Kier molecular flexibility index (Phi) is 20.2. The van der Waals surface area contributed by atoms with Gasteiger partial charge in [-0.05, 0) is 121 Å². The number of halogens is 4. The van der Waals surface area contributed by atoms with Gasteiger partial charge in [0.2, 0.25) is 0 Å². The van der Waals surface area contributed by atoms with Gasteiger partial charge < -0.3 is 20.2 Å². The van der Waals surface area contributed by atoms with E-state index in [2.05, 4.69) is 57.6 Å². The minimum absolute atomic E-state index is 0.141. The highest BCUT2D eigenvalue weighted by Crippen LogP contribution is 2.43. The van der Waals surface area contributed by atoms with E-state index in [0.29, 0.717) is 11.3 Å². The molecular formula is C48H63ClF3N7O4S3. The Bertz CT molecular complexity index is 2290. The molecule has 0 atom stereocenters. The topological polar surface area (TPSA) is 134 Å². The molecule has 360 valence electrons. The molecule has 5 N–H and O–H groups in total. The van der Waals surface area contributed by atoms with Gasteiger partial charge in [0.05, 0.1) is 5.69 Å². The summed E-state index contributed by atoms with van der Waals surface area (Å²) in [6, 6.07) is 28.6. The zero-order valence-corrected chi connectivity index (χ0v) is 41.3. The number of anilines is 2. The first kappa shape index (κ1) is 53.2. The molecule has 1 aliphatic carbocycles. The maximum atomic E-state index is 13.7. The number of likely N-dealkylation sites (N-methyl/N-ethyl adjacent to an activating group) is 1. The van der Waals surface area contributed by atoms with Crippen LogP contribution < -0.4 is 20.8 Å². The number of carbonyl (C=O) groups is 1. The fourth-order valence-corrected chi connectivity index (χ4v) is 10.6. The van der Waals surface area contributed by atoms with Gasteiger partial charge in [0.25, 0.3) is 15.7 Å². The summed E-state index contributed by atoms with van der Waals surface area (Å²) >= 11 is 8.42. The van der Waals surface area contributed by atoms with Crippen molar-refractivity contribution in [1.29, 1.82) is 0 Å². The molecule has 0 spiro atoms. The first-order chi connectivity index (χ1) is 31.5. The van der Waals surface area contributed by atoms with Crippen molar-refractivity contribution < 1.29 is 31.5 Å². The smallest absolute Gasteiger partial charge is 0.400 e. The van der Waals surface area contributed by atoms with Gasteiger partial charge in [-0.25, -0.2) is 13.4 Å². The average Bonchev–Trinajstić information content (AvgIpc) is 3.31. The first-order valence-electron chi connectivity index (χ1n) is 22.1. The zero-order chi connectivity index (χ0) is 47.9. The first-order valence-corrected chi connectivity index (χ1v) is 25.7. The SMILES string of the molecule is CC1(C)CCC(c2ccc(Cl)cc2)=C(CN2CCN(c3ccc(C(=O)NSc4ccc(NCCSc5ccccc5)c(S(=O)(=O)C(F)(F)F)c4)cc3)CC2)C1.CCN1CCN(N)CC1.CO. The molecule has 1 amide bonds. The van der Waals surface area contributed by atoms with Crippen molar-refractivity contribution in [3.05, 3.63) is 119 Å². The number of aliphatic hydroxyl groups excluding tert-OH is 1. The van der Waals surface area contributed by atoms with E-state index >= 15 is 0 Å². The summed E-state index contributed by atoms with van der Waals surface area (Å²) in [5.74, 6) is 5.60. The molecule has 0 aromatic heterocycles. The minimum Gasteiger partial charge on any atom is -0.400 e. The molecule has 0 radical (unpaired) electrons. The summed E-state index contributed by atoms with van der Waals surface area (Å²) in [5.41, 5.74) is 0.177. The molecule has 18 heteroatoms. The Morgan fingerprint density at radius 2 is 1.48 bits per heavy atom. The molecule has 7 rings (SSSR count). The van der Waals surface area contributed by atoms with Crippen LogP contribution in [-0.4, -0.2) is 125 Å². The van der Waals surface area contributed by atoms with Crippen LogP contribution in [0.15, 0.2) is 117 Å². The molecule has 2 saturated heterocycles. The average molecular weight is 991 g/mol. The van der Waals surface area contributed by atoms with Crippen molar-refractivity contribution in [3.8, 4) is 0 Å². The van der Waals surface area contributed by atoms with Gasteiger partial charge in [0.15, 0.2) is 0 Å². The summed E-state index contributed by atoms with van der Waals surface area (Å²) in [6.45, 7) is 17.0. The number of piperazine rings is 2. The molecular weight excluding hydrogens is 927 g/mol. The van der Waals surface area contributed by atoms with Gasteiger partial charge in [-0.3, -0.25) is 20.3 Å². The summed E-state index contributed by atoms with van der Waals surface area (Å²) in [5, 5.41) is 12.5. The number of benzene rings is 4. The fourth-order valence-electron chi connectivity index (χ4n) is 8.00. The lowest BCUT2D eigenvalue weighted by Gasteiger charge is -2.39. The number of alkyl halides is 3. The van der Waals surface area contributed by atoms with Crippen LogP contribution in [0.4, 0.5) is 24.5 Å². The molecule has 2 heterocycles. The van der Waals surface area contributed by atoms with E-state index in [1.807, 2.05) is 59.6 Å².